The molecule has 3 aliphatic rings. The van der Waals surface area contributed by atoms with Crippen molar-refractivity contribution in [2.45, 2.75) is 37.5 Å². The van der Waals surface area contributed by atoms with E-state index in [0.717, 1.165) is 23.5 Å². The van der Waals surface area contributed by atoms with E-state index in [0.29, 0.717) is 19.0 Å². The Balaban J connectivity index is 1.62. The predicted molar refractivity (Wildman–Crippen MR) is 92.2 cm³/mol. The third kappa shape index (κ3) is 2.43. The summed E-state index contributed by atoms with van der Waals surface area (Å²) in [5, 5.41) is 19.7. The lowest BCUT2D eigenvalue weighted by atomic mass is 10.1. The smallest absolute Gasteiger partial charge is 0.417 e. The molecule has 2 aliphatic heterocycles. The molecule has 2 fully saturated rings. The van der Waals surface area contributed by atoms with Gasteiger partial charge in [0.2, 0.25) is 11.8 Å². The Bertz CT molecular complexity index is 1150. The molecule has 29 heavy (non-hydrogen) atoms. The molecule has 1 amide bonds. The van der Waals surface area contributed by atoms with Crippen molar-refractivity contribution in [1.82, 2.24) is 14.0 Å². The number of fused-ring (bicyclic) bond motifs is 5. The van der Waals surface area contributed by atoms with Crippen LogP contribution in [-0.2, 0) is 11.0 Å². The van der Waals surface area contributed by atoms with Crippen molar-refractivity contribution < 1.29 is 23.1 Å². The van der Waals surface area contributed by atoms with E-state index < -0.39 is 34.9 Å². The van der Waals surface area contributed by atoms with Crippen LogP contribution in [-0.4, -0.2) is 31.6 Å². The van der Waals surface area contributed by atoms with Gasteiger partial charge in [-0.1, -0.05) is 0 Å². The molecule has 150 valence electrons. The summed E-state index contributed by atoms with van der Waals surface area (Å²) in [4.78, 5) is 27.1. The highest BCUT2D eigenvalue weighted by atomic mass is 19.4. The average molecular weight is 404 g/mol. The lowest BCUT2D eigenvalue weighted by molar-refractivity contribution is -0.138. The van der Waals surface area contributed by atoms with E-state index in [-0.39, 0.29) is 29.2 Å². The summed E-state index contributed by atoms with van der Waals surface area (Å²) in [6, 6.07) is 3.58. The van der Waals surface area contributed by atoms with E-state index in [9.17, 15) is 27.9 Å². The van der Waals surface area contributed by atoms with Gasteiger partial charge in [0.1, 0.15) is 5.69 Å². The SMILES string of the molecule is N#Cc1ccc(-n2c(O)c3n(c2=O)C2CC3N(C(=O)C3CC3)C2)cc1C(F)(F)F. The van der Waals surface area contributed by atoms with Gasteiger partial charge in [-0.05, 0) is 37.5 Å². The van der Waals surface area contributed by atoms with Gasteiger partial charge in [-0.15, -0.1) is 0 Å². The minimum absolute atomic E-state index is 0.001000. The Morgan fingerprint density at radius 1 is 1.28 bits per heavy atom. The van der Waals surface area contributed by atoms with Crippen LogP contribution in [0.4, 0.5) is 13.2 Å². The summed E-state index contributed by atoms with van der Waals surface area (Å²) in [5.41, 5.74) is -2.31. The average Bonchev–Trinajstić information content (AvgIpc) is 3.27. The third-order valence-corrected chi connectivity index (χ3v) is 5.95. The fraction of sp³-hybridized carbons (Fsp3) is 0.421. The number of nitrogens with zero attached hydrogens (tertiary/aromatic N) is 4. The summed E-state index contributed by atoms with van der Waals surface area (Å²) in [7, 11) is 0. The number of aromatic nitrogens is 2. The standard InChI is InChI=1S/C19H15F3N4O3/c20-19(21,22)13-5-11(4-3-10(13)7-23)26-17(28)15-14-6-12(25(15)18(26)29)8-24(14)16(27)9-1-2-9/h3-5,9,12,14,28H,1-2,6,8H2. The fourth-order valence-electron chi connectivity index (χ4n) is 4.49. The molecule has 1 aliphatic carbocycles. The number of rotatable bonds is 2. The van der Waals surface area contributed by atoms with Crippen molar-refractivity contribution in [1.29, 1.82) is 5.26 Å². The van der Waals surface area contributed by atoms with E-state index in [2.05, 4.69) is 0 Å². The van der Waals surface area contributed by atoms with Crippen molar-refractivity contribution in [2.75, 3.05) is 6.54 Å². The second-order valence-electron chi connectivity index (χ2n) is 7.71. The van der Waals surface area contributed by atoms with Gasteiger partial charge in [-0.25, -0.2) is 9.36 Å². The molecule has 1 saturated heterocycles. The molecule has 7 nitrogen and oxygen atoms in total. The molecular formula is C19H15F3N4O3. The van der Waals surface area contributed by atoms with Gasteiger partial charge in [0.05, 0.1) is 35.0 Å². The molecule has 0 radical (unpaired) electrons. The van der Waals surface area contributed by atoms with Crippen LogP contribution < -0.4 is 5.69 Å². The molecule has 2 atom stereocenters. The number of aromatic hydroxyl groups is 1. The van der Waals surface area contributed by atoms with Gasteiger partial charge >= 0.3 is 11.9 Å². The number of benzene rings is 1. The maximum atomic E-state index is 13.3. The zero-order valence-electron chi connectivity index (χ0n) is 15.0. The summed E-state index contributed by atoms with van der Waals surface area (Å²) in [6.07, 6.45) is -2.61. The van der Waals surface area contributed by atoms with Gasteiger partial charge in [0.25, 0.3) is 0 Å². The van der Waals surface area contributed by atoms with Crippen LogP contribution in [0.25, 0.3) is 5.69 Å². The van der Waals surface area contributed by atoms with Crippen LogP contribution >= 0.6 is 0 Å². The van der Waals surface area contributed by atoms with Crippen LogP contribution in [0, 0.1) is 17.2 Å². The number of alkyl halides is 3. The third-order valence-electron chi connectivity index (χ3n) is 5.95. The Morgan fingerprint density at radius 2 is 2.00 bits per heavy atom. The zero-order chi connectivity index (χ0) is 20.7. The number of carbonyl (C=O) groups is 1. The van der Waals surface area contributed by atoms with Crippen LogP contribution in [0.3, 0.4) is 0 Å². The number of nitriles is 1. The Morgan fingerprint density at radius 3 is 2.62 bits per heavy atom. The van der Waals surface area contributed by atoms with Gasteiger partial charge in [0, 0.05) is 12.5 Å². The molecule has 3 heterocycles. The van der Waals surface area contributed by atoms with E-state index in [1.807, 2.05) is 0 Å². The maximum Gasteiger partial charge on any atom is 0.417 e. The fourth-order valence-corrected chi connectivity index (χ4v) is 4.49. The molecule has 2 unspecified atom stereocenters. The molecule has 1 saturated carbocycles. The first-order valence-electron chi connectivity index (χ1n) is 9.20. The summed E-state index contributed by atoms with van der Waals surface area (Å²) >= 11 is 0. The van der Waals surface area contributed by atoms with Crippen molar-refractivity contribution >= 4 is 5.91 Å². The quantitative estimate of drug-likeness (QED) is 0.833. The number of amides is 1. The summed E-state index contributed by atoms with van der Waals surface area (Å²) < 4.78 is 42.1. The molecule has 1 N–H and O–H groups in total. The van der Waals surface area contributed by atoms with Crippen LogP contribution in [0.5, 0.6) is 5.88 Å². The Kier molecular flexibility index (Phi) is 3.48. The minimum atomic E-state index is -4.78. The monoisotopic (exact) mass is 404 g/mol. The van der Waals surface area contributed by atoms with Crippen LogP contribution in [0.1, 0.15) is 48.2 Å². The number of carbonyl (C=O) groups excluding carboxylic acids is 1. The first kappa shape index (κ1) is 17.8. The van der Waals surface area contributed by atoms with Crippen molar-refractivity contribution in [2.24, 2.45) is 5.92 Å². The lowest BCUT2D eigenvalue weighted by Crippen LogP contribution is -2.38. The maximum absolute atomic E-state index is 13.3. The normalized spacial score (nSPS) is 22.6. The highest BCUT2D eigenvalue weighted by Gasteiger charge is 2.51. The van der Waals surface area contributed by atoms with Gasteiger partial charge in [-0.3, -0.25) is 9.36 Å². The van der Waals surface area contributed by atoms with Gasteiger partial charge < -0.3 is 10.0 Å². The highest BCUT2D eigenvalue weighted by Crippen LogP contribution is 2.50. The Hall–Kier alpha value is -3.22. The first-order chi connectivity index (χ1) is 13.7. The molecule has 0 spiro atoms. The molecule has 5 rings (SSSR count). The van der Waals surface area contributed by atoms with Gasteiger partial charge in [0.15, 0.2) is 0 Å². The predicted octanol–water partition coefficient (Wildman–Crippen LogP) is 2.47. The summed E-state index contributed by atoms with van der Waals surface area (Å²) in [5.74, 6) is -0.471. The number of halogens is 3. The topological polar surface area (TPSA) is 91.3 Å². The van der Waals surface area contributed by atoms with Crippen molar-refractivity contribution in [3.05, 3.63) is 45.5 Å². The van der Waals surface area contributed by atoms with E-state index in [4.69, 9.17) is 5.26 Å². The highest BCUT2D eigenvalue weighted by molar-refractivity contribution is 5.82. The molecule has 2 aromatic rings. The van der Waals surface area contributed by atoms with Crippen LogP contribution in [0.2, 0.25) is 0 Å². The molecular weight excluding hydrogens is 389 g/mol. The van der Waals surface area contributed by atoms with E-state index in [1.165, 1.54) is 16.7 Å². The zero-order valence-corrected chi connectivity index (χ0v) is 15.0. The second kappa shape index (κ2) is 5.65. The number of likely N-dealkylation sites (tertiary alicyclic amines) is 1. The van der Waals surface area contributed by atoms with E-state index >= 15 is 0 Å². The van der Waals surface area contributed by atoms with Gasteiger partial charge in [-0.2, -0.15) is 18.4 Å². The largest absolute Gasteiger partial charge is 0.493 e. The second-order valence-corrected chi connectivity index (χ2v) is 7.71. The summed E-state index contributed by atoms with van der Waals surface area (Å²) in [6.45, 7) is 0.359. The molecule has 1 aromatic heterocycles. The number of imidazole rings is 1. The van der Waals surface area contributed by atoms with E-state index in [1.54, 1.807) is 4.90 Å². The molecule has 1 aromatic carbocycles. The first-order valence-corrected chi connectivity index (χ1v) is 9.20. The lowest BCUT2D eigenvalue weighted by Gasteiger charge is -2.27. The number of hydrogen-bond acceptors (Lipinski definition) is 4. The van der Waals surface area contributed by atoms with Crippen molar-refractivity contribution in [3.8, 4) is 17.6 Å². The Labute approximate surface area is 162 Å². The molecule has 10 heteroatoms. The minimum Gasteiger partial charge on any atom is -0.493 e. The van der Waals surface area contributed by atoms with Crippen molar-refractivity contribution in [3.63, 3.8) is 0 Å². The number of hydrogen-bond donors (Lipinski definition) is 1. The molecule has 2 bridgehead atoms. The van der Waals surface area contributed by atoms with Crippen LogP contribution in [0.15, 0.2) is 23.0 Å².